The molecule has 0 bridgehead atoms. The monoisotopic (exact) mass is 286 g/mol. The van der Waals surface area contributed by atoms with Crippen molar-refractivity contribution in [3.63, 3.8) is 0 Å². The quantitative estimate of drug-likeness (QED) is 0.624. The number of benzene rings is 1. The molecule has 0 aliphatic carbocycles. The fourth-order valence-corrected chi connectivity index (χ4v) is 1.36. The third-order valence-electron chi connectivity index (χ3n) is 2.13. The Morgan fingerprint density at radius 3 is 2.28 bits per heavy atom. The number of rotatable bonds is 6. The van der Waals surface area contributed by atoms with Gasteiger partial charge in [0, 0.05) is 5.56 Å². The maximum absolute atomic E-state index is 11.9. The molecule has 0 saturated carbocycles. The van der Waals surface area contributed by atoms with Crippen LogP contribution in [0.1, 0.15) is 17.3 Å². The molecule has 0 aliphatic heterocycles. The van der Waals surface area contributed by atoms with Gasteiger partial charge >= 0.3 is 21.0 Å². The molecule has 1 atom stereocenters. The van der Waals surface area contributed by atoms with Crippen molar-refractivity contribution in [2.24, 2.45) is 5.73 Å². The Morgan fingerprint density at radius 2 is 1.83 bits per heavy atom. The van der Waals surface area contributed by atoms with Crippen LogP contribution in [-0.2, 0) is 25.8 Å². The number of carbonyl (C=O) groups is 2. The van der Waals surface area contributed by atoms with Gasteiger partial charge in [-0.15, -0.1) is 6.54 Å². The average molecular weight is 286 g/mol. The molecule has 1 aromatic rings. The fraction of sp³-hybridized carbons (Fsp3) is 0.333. The summed E-state index contributed by atoms with van der Waals surface area (Å²) in [6.07, 6.45) is 0. The van der Waals surface area contributed by atoms with Crippen LogP contribution in [0.25, 0.3) is 5.32 Å². The molecular formula is C12H15N2O3V-. The molecule has 0 aliphatic rings. The van der Waals surface area contributed by atoms with Gasteiger partial charge in [-0.25, -0.2) is 0 Å². The predicted molar refractivity (Wildman–Crippen MR) is 63.2 cm³/mol. The van der Waals surface area contributed by atoms with Gasteiger partial charge in [0.2, 0.25) is 0 Å². The zero-order valence-corrected chi connectivity index (χ0v) is 11.5. The first-order chi connectivity index (χ1) is 8.66. The van der Waals surface area contributed by atoms with Gasteiger partial charge in [-0.3, -0.25) is 4.79 Å². The van der Waals surface area contributed by atoms with Crippen LogP contribution < -0.4 is 5.73 Å². The van der Waals surface area contributed by atoms with Crippen molar-refractivity contribution < 1.29 is 30.6 Å². The third kappa shape index (κ3) is 5.47. The van der Waals surface area contributed by atoms with Crippen LogP contribution in [0.4, 0.5) is 0 Å². The van der Waals surface area contributed by atoms with Gasteiger partial charge in [-0.1, -0.05) is 30.3 Å². The van der Waals surface area contributed by atoms with Gasteiger partial charge in [0.15, 0.2) is 5.78 Å². The summed E-state index contributed by atoms with van der Waals surface area (Å²) in [5.41, 5.74) is 5.80. The molecule has 0 fully saturated rings. The Kier molecular flexibility index (Phi) is 9.23. The van der Waals surface area contributed by atoms with E-state index in [9.17, 15) is 9.59 Å². The molecule has 1 unspecified atom stereocenters. The summed E-state index contributed by atoms with van der Waals surface area (Å²) in [7, 11) is 0. The van der Waals surface area contributed by atoms with Gasteiger partial charge in [0.05, 0.1) is 0 Å². The van der Waals surface area contributed by atoms with E-state index in [1.54, 1.807) is 24.3 Å². The zero-order valence-electron chi connectivity index (χ0n) is 10.1. The Bertz CT molecular complexity index is 384. The van der Waals surface area contributed by atoms with Crippen molar-refractivity contribution >= 4 is 11.6 Å². The van der Waals surface area contributed by atoms with Gasteiger partial charge in [0.25, 0.3) is 0 Å². The van der Waals surface area contributed by atoms with E-state index in [1.165, 1.54) is 6.92 Å². The van der Waals surface area contributed by atoms with E-state index in [1.807, 2.05) is 6.07 Å². The van der Waals surface area contributed by atoms with E-state index in [0.29, 0.717) is 18.7 Å². The van der Waals surface area contributed by atoms with Crippen LogP contribution in [0, 0.1) is 0 Å². The van der Waals surface area contributed by atoms with Crippen molar-refractivity contribution in [3.05, 3.63) is 41.2 Å². The summed E-state index contributed by atoms with van der Waals surface area (Å²) < 4.78 is 8.19. The zero-order chi connectivity index (χ0) is 14.0. The fourth-order valence-electron chi connectivity index (χ4n) is 1.36. The number of nitrogens with zero attached hydrogens (tertiary/aromatic N) is 1. The molecule has 1 rings (SSSR count). The molecule has 0 radical (unpaired) electrons. The molecule has 6 heteroatoms. The minimum atomic E-state index is -0.911. The molecule has 0 saturated heterocycles. The summed E-state index contributed by atoms with van der Waals surface area (Å²) in [5.74, 6) is -0.510. The van der Waals surface area contributed by atoms with Gasteiger partial charge in [-0.2, -0.15) is 0 Å². The molecule has 97 valence electrons. The van der Waals surface area contributed by atoms with Crippen LogP contribution in [0.2, 0.25) is 0 Å². The number of Topliss-reactive ketones (excluding diaryl/α,β-unsaturated/α-hetero) is 2. The predicted octanol–water partition coefficient (Wildman–Crippen LogP) is 1.04. The topological polar surface area (TPSA) is 91.3 Å². The Morgan fingerprint density at radius 1 is 1.28 bits per heavy atom. The average Bonchev–Trinajstić information content (AvgIpc) is 2.42. The summed E-state index contributed by atoms with van der Waals surface area (Å²) in [6, 6.07) is 7.77. The molecular weight excluding hydrogens is 271 g/mol. The van der Waals surface area contributed by atoms with Crippen LogP contribution in [-0.4, -0.2) is 30.7 Å². The second-order valence-electron chi connectivity index (χ2n) is 3.44. The van der Waals surface area contributed by atoms with Crippen molar-refractivity contribution in [2.75, 3.05) is 13.1 Å². The second kappa shape index (κ2) is 9.85. The standard InChI is InChI=1S/C12H15N2O2.O.V/c1-9(15)11(14-8-7-13)12(16)10-5-3-2-4-6-10;;/h2-6,11H,7-8,13H2,1H3;;/q-1;;. The first-order valence-electron chi connectivity index (χ1n) is 5.31. The molecule has 2 N–H and O–H groups in total. The van der Waals surface area contributed by atoms with Crippen LogP contribution in [0.5, 0.6) is 0 Å². The molecule has 0 amide bonds. The van der Waals surface area contributed by atoms with Crippen molar-refractivity contribution in [3.8, 4) is 0 Å². The molecule has 0 aromatic heterocycles. The molecule has 1 aromatic carbocycles. The number of carbonyl (C=O) groups excluding carboxylic acids is 2. The van der Waals surface area contributed by atoms with E-state index in [4.69, 9.17) is 9.41 Å². The molecule has 5 nitrogen and oxygen atoms in total. The minimum absolute atomic E-state index is 0.248. The van der Waals surface area contributed by atoms with Crippen molar-refractivity contribution in [1.82, 2.24) is 0 Å². The molecule has 18 heavy (non-hydrogen) atoms. The first-order valence-corrected chi connectivity index (χ1v) is 5.88. The van der Waals surface area contributed by atoms with Crippen LogP contribution in [0.3, 0.4) is 0 Å². The normalized spacial score (nSPS) is 10.9. The third-order valence-corrected chi connectivity index (χ3v) is 2.13. The second-order valence-corrected chi connectivity index (χ2v) is 3.44. The Hall–Kier alpha value is -1.14. The van der Waals surface area contributed by atoms with Crippen molar-refractivity contribution in [2.45, 2.75) is 13.0 Å². The van der Waals surface area contributed by atoms with Gasteiger partial charge < -0.3 is 15.8 Å². The number of nitrogens with two attached hydrogens (primary N) is 1. The first kappa shape index (κ1) is 16.9. The number of ketones is 2. The summed E-state index contributed by atoms with van der Waals surface area (Å²) >= 11 is 1.06. The van der Waals surface area contributed by atoms with Crippen molar-refractivity contribution in [1.29, 1.82) is 0 Å². The maximum atomic E-state index is 11.9. The Labute approximate surface area is 115 Å². The number of hydrogen-bond acceptors (Lipinski definition) is 4. The van der Waals surface area contributed by atoms with E-state index < -0.39 is 6.04 Å². The van der Waals surface area contributed by atoms with E-state index in [-0.39, 0.29) is 11.6 Å². The van der Waals surface area contributed by atoms with Crippen LogP contribution >= 0.6 is 0 Å². The molecule has 0 heterocycles. The Balaban J connectivity index is 0.00000137. The number of hydrogen-bond donors (Lipinski definition) is 1. The summed E-state index contributed by atoms with van der Waals surface area (Å²) in [4.78, 5) is 23.2. The van der Waals surface area contributed by atoms with Gasteiger partial charge in [-0.05, 0) is 19.5 Å². The summed E-state index contributed by atoms with van der Waals surface area (Å²) in [6.45, 7) is 2.03. The van der Waals surface area contributed by atoms with E-state index >= 15 is 0 Å². The van der Waals surface area contributed by atoms with E-state index in [0.717, 1.165) is 17.4 Å². The van der Waals surface area contributed by atoms with Crippen LogP contribution in [0.15, 0.2) is 30.3 Å². The SMILES string of the molecule is CC(=O)C([N-]CCN)C(=O)c1ccccc1.[O]=[V]. The van der Waals surface area contributed by atoms with Gasteiger partial charge in [0.1, 0.15) is 5.78 Å². The van der Waals surface area contributed by atoms with E-state index in [2.05, 4.69) is 5.32 Å². The molecule has 0 spiro atoms. The summed E-state index contributed by atoms with van der Waals surface area (Å²) in [5, 5.41) is 3.99.